The number of aromatic nitrogens is 1. The Labute approximate surface area is 210 Å². The van der Waals surface area contributed by atoms with Crippen molar-refractivity contribution in [2.45, 2.75) is 19.9 Å². The quantitative estimate of drug-likeness (QED) is 0.422. The van der Waals surface area contributed by atoms with Crippen LogP contribution in [0.4, 0.5) is 0 Å². The van der Waals surface area contributed by atoms with Crippen molar-refractivity contribution in [2.75, 3.05) is 13.7 Å². The van der Waals surface area contributed by atoms with E-state index in [0.29, 0.717) is 31.9 Å². The molecule has 1 aromatic heterocycles. The van der Waals surface area contributed by atoms with Crippen molar-refractivity contribution in [3.05, 3.63) is 97.1 Å². The van der Waals surface area contributed by atoms with Crippen LogP contribution in [0.1, 0.15) is 31.0 Å². The van der Waals surface area contributed by atoms with Crippen LogP contribution >= 0.6 is 11.3 Å². The van der Waals surface area contributed by atoms with E-state index in [0.717, 1.165) is 16.3 Å². The van der Waals surface area contributed by atoms with Gasteiger partial charge in [-0.15, -0.1) is 0 Å². The molecule has 0 saturated carbocycles. The number of phenolic OH excluding ortho intramolecular Hbond substituents is 1. The molecule has 8 heteroatoms. The predicted molar refractivity (Wildman–Crippen MR) is 140 cm³/mol. The molecule has 0 unspecified atom stereocenters. The van der Waals surface area contributed by atoms with Gasteiger partial charge in [0.25, 0.3) is 5.56 Å². The standard InChI is InChI=1S/C28H24N2O5S/c1-4-35-27(33)24-16(2)30-26(32)23(15-21-20-8-6-5-7-17(20)11-14-22(21)31)36-28(30)29-25(24)18-9-12-19(34-3)13-10-18/h5-15,25,31H,4H2,1-3H3/b23-15-/t25-/m1/s1. The van der Waals surface area contributed by atoms with Crippen LogP contribution in [0.3, 0.4) is 0 Å². The van der Waals surface area contributed by atoms with Crippen LogP contribution in [0.5, 0.6) is 11.5 Å². The minimum Gasteiger partial charge on any atom is -0.507 e. The van der Waals surface area contributed by atoms with Gasteiger partial charge in [0.15, 0.2) is 4.80 Å². The minimum absolute atomic E-state index is 0.0806. The average molecular weight is 501 g/mol. The molecule has 0 aliphatic carbocycles. The summed E-state index contributed by atoms with van der Waals surface area (Å²) in [5.41, 5.74) is 1.82. The van der Waals surface area contributed by atoms with Gasteiger partial charge >= 0.3 is 5.97 Å². The third kappa shape index (κ3) is 3.99. The van der Waals surface area contributed by atoms with Gasteiger partial charge in [-0.2, -0.15) is 0 Å². The SMILES string of the molecule is CCOC(=O)C1=C(C)n2c(s/c(=C\c3c(O)ccc4ccccc34)c2=O)=N[C@@H]1c1ccc(OC)cc1. The van der Waals surface area contributed by atoms with Crippen LogP contribution in [0.2, 0.25) is 0 Å². The molecule has 0 radical (unpaired) electrons. The first-order valence-electron chi connectivity index (χ1n) is 11.5. The average Bonchev–Trinajstić information content (AvgIpc) is 3.21. The van der Waals surface area contributed by atoms with Gasteiger partial charge < -0.3 is 14.6 Å². The fourth-order valence-corrected chi connectivity index (χ4v) is 5.43. The second kappa shape index (κ2) is 9.47. The van der Waals surface area contributed by atoms with Crippen molar-refractivity contribution in [1.82, 2.24) is 4.57 Å². The summed E-state index contributed by atoms with van der Waals surface area (Å²) in [6, 6.07) is 17.8. The zero-order chi connectivity index (χ0) is 25.4. The van der Waals surface area contributed by atoms with Gasteiger partial charge in [0.05, 0.1) is 23.8 Å². The Morgan fingerprint density at radius 2 is 1.89 bits per heavy atom. The Morgan fingerprint density at radius 1 is 1.14 bits per heavy atom. The Bertz CT molecular complexity index is 1700. The molecular weight excluding hydrogens is 476 g/mol. The first kappa shape index (κ1) is 23.6. The lowest BCUT2D eigenvalue weighted by Crippen LogP contribution is -2.35. The number of benzene rings is 3. The molecule has 182 valence electrons. The maximum Gasteiger partial charge on any atom is 0.338 e. The lowest BCUT2D eigenvalue weighted by molar-refractivity contribution is -0.138. The number of carbonyl (C=O) groups is 1. The number of carbonyl (C=O) groups excluding carboxylic acids is 1. The number of aromatic hydroxyl groups is 1. The normalized spacial score (nSPS) is 15.5. The molecule has 0 amide bonds. The van der Waals surface area contributed by atoms with E-state index in [-0.39, 0.29) is 17.9 Å². The number of allylic oxidation sites excluding steroid dienone is 1. The van der Waals surface area contributed by atoms with E-state index in [4.69, 9.17) is 14.5 Å². The van der Waals surface area contributed by atoms with E-state index >= 15 is 0 Å². The first-order chi connectivity index (χ1) is 17.4. The van der Waals surface area contributed by atoms with Gasteiger partial charge in [-0.3, -0.25) is 9.36 Å². The van der Waals surface area contributed by atoms with Crippen LogP contribution in [0, 0.1) is 0 Å². The molecule has 1 atom stereocenters. The zero-order valence-electron chi connectivity index (χ0n) is 20.0. The van der Waals surface area contributed by atoms with Crippen molar-refractivity contribution >= 4 is 39.9 Å². The number of esters is 1. The number of nitrogens with zero attached hydrogens (tertiary/aromatic N) is 2. The molecule has 5 rings (SSSR count). The highest BCUT2D eigenvalue weighted by Crippen LogP contribution is 2.33. The number of fused-ring (bicyclic) bond motifs is 2. The van der Waals surface area contributed by atoms with Gasteiger partial charge in [0.1, 0.15) is 17.5 Å². The van der Waals surface area contributed by atoms with E-state index in [1.54, 1.807) is 33.1 Å². The smallest absolute Gasteiger partial charge is 0.338 e. The first-order valence-corrected chi connectivity index (χ1v) is 12.3. The summed E-state index contributed by atoms with van der Waals surface area (Å²) in [5, 5.41) is 12.4. The third-order valence-electron chi connectivity index (χ3n) is 6.19. The molecule has 0 fully saturated rings. The second-order valence-electron chi connectivity index (χ2n) is 8.28. The number of hydrogen-bond donors (Lipinski definition) is 1. The fraction of sp³-hybridized carbons (Fsp3) is 0.179. The molecule has 1 N–H and O–H groups in total. The molecule has 0 bridgehead atoms. The Hall–Kier alpha value is -4.17. The van der Waals surface area contributed by atoms with E-state index < -0.39 is 12.0 Å². The van der Waals surface area contributed by atoms with Gasteiger partial charge in [0, 0.05) is 11.3 Å². The van der Waals surface area contributed by atoms with Crippen LogP contribution < -0.4 is 19.6 Å². The van der Waals surface area contributed by atoms with Gasteiger partial charge in [0.2, 0.25) is 0 Å². The molecule has 36 heavy (non-hydrogen) atoms. The van der Waals surface area contributed by atoms with Crippen molar-refractivity contribution in [2.24, 2.45) is 4.99 Å². The Morgan fingerprint density at radius 3 is 2.61 bits per heavy atom. The molecular formula is C28H24N2O5S. The van der Waals surface area contributed by atoms with E-state index in [2.05, 4.69) is 0 Å². The monoisotopic (exact) mass is 500 g/mol. The molecule has 4 aromatic rings. The lowest BCUT2D eigenvalue weighted by Gasteiger charge is -2.22. The molecule has 1 aliphatic rings. The summed E-state index contributed by atoms with van der Waals surface area (Å²) in [6.07, 6.45) is 1.69. The Balaban J connectivity index is 1.75. The number of methoxy groups -OCH3 is 1. The van der Waals surface area contributed by atoms with Crippen molar-refractivity contribution in [3.8, 4) is 11.5 Å². The highest BCUT2D eigenvalue weighted by molar-refractivity contribution is 7.07. The molecule has 0 saturated heterocycles. The van der Waals surface area contributed by atoms with Gasteiger partial charge in [-0.25, -0.2) is 9.79 Å². The van der Waals surface area contributed by atoms with Gasteiger partial charge in [-0.1, -0.05) is 53.8 Å². The highest BCUT2D eigenvalue weighted by Gasteiger charge is 2.31. The molecule has 2 heterocycles. The molecule has 1 aliphatic heterocycles. The molecule has 7 nitrogen and oxygen atoms in total. The Kier molecular flexibility index (Phi) is 6.20. The number of phenols is 1. The lowest BCUT2D eigenvalue weighted by atomic mass is 9.96. The topological polar surface area (TPSA) is 90.1 Å². The van der Waals surface area contributed by atoms with Gasteiger partial charge in [-0.05, 0) is 54.5 Å². The summed E-state index contributed by atoms with van der Waals surface area (Å²) in [4.78, 5) is 31.8. The van der Waals surface area contributed by atoms with Crippen molar-refractivity contribution in [3.63, 3.8) is 0 Å². The number of thiazole rings is 1. The van der Waals surface area contributed by atoms with Crippen LogP contribution in [0.15, 0.2) is 76.0 Å². The van der Waals surface area contributed by atoms with E-state index in [9.17, 15) is 14.7 Å². The predicted octanol–water partition coefficient (Wildman–Crippen LogP) is 3.77. The van der Waals surface area contributed by atoms with Crippen molar-refractivity contribution in [1.29, 1.82) is 0 Å². The number of rotatable bonds is 5. The largest absolute Gasteiger partial charge is 0.507 e. The molecule has 0 spiro atoms. The van der Waals surface area contributed by atoms with Crippen LogP contribution in [-0.2, 0) is 9.53 Å². The van der Waals surface area contributed by atoms with Crippen LogP contribution in [-0.4, -0.2) is 29.4 Å². The number of hydrogen-bond acceptors (Lipinski definition) is 7. The maximum atomic E-state index is 13.5. The highest BCUT2D eigenvalue weighted by atomic mass is 32.1. The second-order valence-corrected chi connectivity index (χ2v) is 9.29. The summed E-state index contributed by atoms with van der Waals surface area (Å²) < 4.78 is 12.4. The fourth-order valence-electron chi connectivity index (χ4n) is 4.41. The van der Waals surface area contributed by atoms with E-state index in [1.165, 1.54) is 15.9 Å². The summed E-state index contributed by atoms with van der Waals surface area (Å²) in [7, 11) is 1.59. The van der Waals surface area contributed by atoms with Crippen molar-refractivity contribution < 1.29 is 19.4 Å². The third-order valence-corrected chi connectivity index (χ3v) is 7.18. The maximum absolute atomic E-state index is 13.5. The summed E-state index contributed by atoms with van der Waals surface area (Å²) in [6.45, 7) is 3.67. The summed E-state index contributed by atoms with van der Waals surface area (Å²) >= 11 is 1.22. The van der Waals surface area contributed by atoms with Crippen LogP contribution in [0.25, 0.3) is 22.5 Å². The minimum atomic E-state index is -0.633. The number of ether oxygens (including phenoxy) is 2. The van der Waals surface area contributed by atoms with E-state index in [1.807, 2.05) is 54.6 Å². The zero-order valence-corrected chi connectivity index (χ0v) is 20.8. The summed E-state index contributed by atoms with van der Waals surface area (Å²) in [5.74, 6) is 0.255. The molecule has 3 aromatic carbocycles.